The summed E-state index contributed by atoms with van der Waals surface area (Å²) in [6.45, 7) is 0.132. The third kappa shape index (κ3) is 2.24. The van der Waals surface area contributed by atoms with Crippen molar-refractivity contribution in [3.05, 3.63) is 33.9 Å². The minimum absolute atomic E-state index is 0.132. The van der Waals surface area contributed by atoms with Crippen LogP contribution in [-0.4, -0.2) is 37.8 Å². The summed E-state index contributed by atoms with van der Waals surface area (Å²) in [6.07, 6.45) is 3.96. The molecule has 0 radical (unpaired) electrons. The lowest BCUT2D eigenvalue weighted by molar-refractivity contribution is 0.0760. The average Bonchev–Trinajstić information content (AvgIpc) is 3.07. The van der Waals surface area contributed by atoms with E-state index in [1.54, 1.807) is 25.0 Å². The first-order chi connectivity index (χ1) is 9.56. The van der Waals surface area contributed by atoms with Crippen LogP contribution in [0.3, 0.4) is 0 Å². The molecule has 2 aromatic heterocycles. The fourth-order valence-electron chi connectivity index (χ4n) is 2.19. The maximum absolute atomic E-state index is 12.5. The lowest BCUT2D eigenvalue weighted by atomic mass is 10.1. The third-order valence-corrected chi connectivity index (χ3v) is 3.39. The Labute approximate surface area is 114 Å². The van der Waals surface area contributed by atoms with Gasteiger partial charge in [-0.1, -0.05) is 0 Å². The minimum Gasteiger partial charge on any atom is -0.391 e. The normalized spacial score (nSPS) is 14.5. The van der Waals surface area contributed by atoms with E-state index >= 15 is 0 Å². The second-order valence-electron chi connectivity index (χ2n) is 5.01. The standard InChI is InChI=1S/C12H15N5O3/c1-16(6-9-14-15-12(19)20-9)11(18)10-8(7-3-4-7)5-13-17(10)2/h5,7H,3-4,6H2,1-2H3,(H,15,19). The molecule has 1 amide bonds. The zero-order chi connectivity index (χ0) is 14.3. The first-order valence-corrected chi connectivity index (χ1v) is 6.38. The van der Waals surface area contributed by atoms with E-state index in [0.717, 1.165) is 18.4 Å². The fraction of sp³-hybridized carbons (Fsp3) is 0.500. The van der Waals surface area contributed by atoms with Crippen LogP contribution in [0.4, 0.5) is 0 Å². The second kappa shape index (κ2) is 4.62. The molecule has 0 atom stereocenters. The maximum atomic E-state index is 12.5. The van der Waals surface area contributed by atoms with E-state index < -0.39 is 5.76 Å². The van der Waals surface area contributed by atoms with Gasteiger partial charge in [-0.25, -0.2) is 9.89 Å². The summed E-state index contributed by atoms with van der Waals surface area (Å²) < 4.78 is 6.39. The number of H-pyrrole nitrogens is 1. The van der Waals surface area contributed by atoms with Crippen molar-refractivity contribution in [2.45, 2.75) is 25.3 Å². The number of carbonyl (C=O) groups is 1. The number of aryl methyl sites for hydroxylation is 1. The highest BCUT2D eigenvalue weighted by atomic mass is 16.4. The first-order valence-electron chi connectivity index (χ1n) is 6.38. The van der Waals surface area contributed by atoms with Gasteiger partial charge in [0.05, 0.1) is 12.7 Å². The molecule has 2 aromatic rings. The summed E-state index contributed by atoms with van der Waals surface area (Å²) in [5, 5.41) is 10.0. The van der Waals surface area contributed by atoms with Gasteiger partial charge in [-0.15, -0.1) is 5.10 Å². The summed E-state index contributed by atoms with van der Waals surface area (Å²) in [7, 11) is 3.39. The first kappa shape index (κ1) is 12.6. The molecule has 2 heterocycles. The number of nitrogens with one attached hydrogen (secondary N) is 1. The van der Waals surface area contributed by atoms with Crippen molar-refractivity contribution in [1.82, 2.24) is 24.9 Å². The van der Waals surface area contributed by atoms with E-state index in [0.29, 0.717) is 11.6 Å². The van der Waals surface area contributed by atoms with Crippen molar-refractivity contribution in [3.8, 4) is 0 Å². The topological polar surface area (TPSA) is 97.0 Å². The van der Waals surface area contributed by atoms with Crippen LogP contribution in [0.15, 0.2) is 15.4 Å². The summed E-state index contributed by atoms with van der Waals surface area (Å²) >= 11 is 0. The maximum Gasteiger partial charge on any atom is 0.434 e. The molecule has 0 unspecified atom stereocenters. The number of aromatic amines is 1. The van der Waals surface area contributed by atoms with Crippen LogP contribution in [0.25, 0.3) is 0 Å². The van der Waals surface area contributed by atoms with Crippen LogP contribution in [0.2, 0.25) is 0 Å². The van der Waals surface area contributed by atoms with Crippen LogP contribution in [0, 0.1) is 0 Å². The van der Waals surface area contributed by atoms with Gasteiger partial charge < -0.3 is 9.32 Å². The van der Waals surface area contributed by atoms with Gasteiger partial charge in [-0.3, -0.25) is 9.48 Å². The van der Waals surface area contributed by atoms with Gasteiger partial charge in [0.15, 0.2) is 0 Å². The number of rotatable bonds is 4. The van der Waals surface area contributed by atoms with E-state index in [1.807, 2.05) is 0 Å². The Morgan fingerprint density at radius 3 is 2.95 bits per heavy atom. The highest BCUT2D eigenvalue weighted by Crippen LogP contribution is 2.41. The highest BCUT2D eigenvalue weighted by Gasteiger charge is 2.32. The van der Waals surface area contributed by atoms with Crippen molar-refractivity contribution < 1.29 is 9.21 Å². The molecule has 0 aromatic carbocycles. The van der Waals surface area contributed by atoms with Crippen molar-refractivity contribution in [1.29, 1.82) is 0 Å². The molecule has 0 saturated heterocycles. The lowest BCUT2D eigenvalue weighted by Crippen LogP contribution is -2.29. The van der Waals surface area contributed by atoms with Crippen LogP contribution in [0.1, 0.15) is 40.7 Å². The number of amides is 1. The van der Waals surface area contributed by atoms with Gasteiger partial charge >= 0.3 is 5.76 Å². The van der Waals surface area contributed by atoms with Crippen molar-refractivity contribution in [2.24, 2.45) is 7.05 Å². The minimum atomic E-state index is -0.625. The van der Waals surface area contributed by atoms with E-state index in [1.165, 1.54) is 4.90 Å². The summed E-state index contributed by atoms with van der Waals surface area (Å²) in [5.41, 5.74) is 1.58. The molecule has 20 heavy (non-hydrogen) atoms. The molecule has 8 nitrogen and oxygen atoms in total. The zero-order valence-corrected chi connectivity index (χ0v) is 11.3. The summed E-state index contributed by atoms with van der Waals surface area (Å²) in [4.78, 5) is 24.8. The SMILES string of the molecule is CN(Cc1n[nH]c(=O)o1)C(=O)c1c(C2CC2)cnn1C. The molecule has 1 saturated carbocycles. The Morgan fingerprint density at radius 2 is 2.35 bits per heavy atom. The fourth-order valence-corrected chi connectivity index (χ4v) is 2.19. The van der Waals surface area contributed by atoms with Crippen molar-refractivity contribution in [2.75, 3.05) is 7.05 Å². The molecule has 8 heteroatoms. The van der Waals surface area contributed by atoms with Crippen molar-refractivity contribution in [3.63, 3.8) is 0 Å². The molecule has 3 rings (SSSR count). The predicted octanol–water partition coefficient (Wildman–Crippen LogP) is 0.246. The monoisotopic (exact) mass is 277 g/mol. The predicted molar refractivity (Wildman–Crippen MR) is 68.1 cm³/mol. The number of carbonyl (C=O) groups excluding carboxylic acids is 1. The quantitative estimate of drug-likeness (QED) is 0.863. The smallest absolute Gasteiger partial charge is 0.391 e. The Bertz CT molecular complexity index is 694. The summed E-state index contributed by atoms with van der Waals surface area (Å²) in [5.74, 6) is -0.155. The van der Waals surface area contributed by atoms with E-state index in [4.69, 9.17) is 4.42 Å². The lowest BCUT2D eigenvalue weighted by Gasteiger charge is -2.16. The van der Waals surface area contributed by atoms with Gasteiger partial charge in [0.1, 0.15) is 5.69 Å². The largest absolute Gasteiger partial charge is 0.434 e. The Kier molecular flexibility index (Phi) is 2.92. The molecule has 0 spiro atoms. The molecule has 1 aliphatic rings. The molecule has 1 aliphatic carbocycles. The molecular formula is C12H15N5O3. The number of aromatic nitrogens is 4. The van der Waals surface area contributed by atoms with E-state index in [9.17, 15) is 9.59 Å². The molecule has 1 N–H and O–H groups in total. The van der Waals surface area contributed by atoms with Crippen molar-refractivity contribution >= 4 is 5.91 Å². The molecule has 106 valence electrons. The Morgan fingerprint density at radius 1 is 1.60 bits per heavy atom. The van der Waals surface area contributed by atoms with E-state index in [2.05, 4.69) is 15.3 Å². The third-order valence-electron chi connectivity index (χ3n) is 3.39. The van der Waals surface area contributed by atoms with Crippen LogP contribution >= 0.6 is 0 Å². The van der Waals surface area contributed by atoms with Gasteiger partial charge in [-0.2, -0.15) is 5.10 Å². The van der Waals surface area contributed by atoms with Crippen LogP contribution < -0.4 is 5.76 Å². The highest BCUT2D eigenvalue weighted by molar-refractivity contribution is 5.94. The molecular weight excluding hydrogens is 262 g/mol. The molecule has 1 fully saturated rings. The van der Waals surface area contributed by atoms with Gasteiger partial charge in [-0.05, 0) is 18.8 Å². The van der Waals surface area contributed by atoms with Crippen LogP contribution in [0.5, 0.6) is 0 Å². The number of hydrogen-bond donors (Lipinski definition) is 1. The van der Waals surface area contributed by atoms with Crippen LogP contribution in [-0.2, 0) is 13.6 Å². The number of hydrogen-bond acceptors (Lipinski definition) is 5. The van der Waals surface area contributed by atoms with Gasteiger partial charge in [0, 0.05) is 19.7 Å². The average molecular weight is 277 g/mol. The summed E-state index contributed by atoms with van der Waals surface area (Å²) in [6, 6.07) is 0. The Balaban J connectivity index is 1.81. The number of nitrogens with zero attached hydrogens (tertiary/aromatic N) is 4. The van der Waals surface area contributed by atoms with E-state index in [-0.39, 0.29) is 18.3 Å². The van der Waals surface area contributed by atoms with Gasteiger partial charge in [0.25, 0.3) is 5.91 Å². The van der Waals surface area contributed by atoms with Gasteiger partial charge in [0.2, 0.25) is 5.89 Å². The zero-order valence-electron chi connectivity index (χ0n) is 11.3. The second-order valence-corrected chi connectivity index (χ2v) is 5.01. The Hall–Kier alpha value is -2.38. The molecule has 0 aliphatic heterocycles. The molecule has 0 bridgehead atoms.